The molecule has 94 valence electrons. The first kappa shape index (κ1) is 13.1. The molecule has 1 amide bonds. The SMILES string of the molecule is CC(C)(C)OC(=O)N1CCC[C@H]1C(F)(F)F. The normalized spacial score (nSPS) is 22.4. The summed E-state index contributed by atoms with van der Waals surface area (Å²) in [5.41, 5.74) is -0.768. The molecule has 1 fully saturated rings. The van der Waals surface area contributed by atoms with Crippen molar-refractivity contribution in [3.05, 3.63) is 0 Å². The molecule has 1 saturated heterocycles. The standard InChI is InChI=1S/C10H16F3NO2/c1-9(2,3)16-8(15)14-6-4-5-7(14)10(11,12)13/h7H,4-6H2,1-3H3/t7-/m0/s1. The fraction of sp³-hybridized carbons (Fsp3) is 0.900. The molecule has 6 heteroatoms. The minimum absolute atomic E-state index is 0.0389. The first-order valence-electron chi connectivity index (χ1n) is 5.17. The van der Waals surface area contributed by atoms with Crippen molar-refractivity contribution in [3.63, 3.8) is 0 Å². The number of carbonyl (C=O) groups excluding carboxylic acids is 1. The van der Waals surface area contributed by atoms with Gasteiger partial charge in [0.1, 0.15) is 11.6 Å². The maximum atomic E-state index is 12.6. The summed E-state index contributed by atoms with van der Waals surface area (Å²) in [7, 11) is 0. The second-order valence-corrected chi connectivity index (χ2v) is 4.87. The lowest BCUT2D eigenvalue weighted by atomic mass is 10.2. The highest BCUT2D eigenvalue weighted by atomic mass is 19.4. The predicted octanol–water partition coefficient (Wildman–Crippen LogP) is 2.95. The van der Waals surface area contributed by atoms with E-state index in [1.807, 2.05) is 0 Å². The molecule has 16 heavy (non-hydrogen) atoms. The number of nitrogens with zero attached hydrogens (tertiary/aromatic N) is 1. The first-order valence-corrected chi connectivity index (χ1v) is 5.17. The maximum Gasteiger partial charge on any atom is 0.410 e. The number of halogens is 3. The molecule has 0 bridgehead atoms. The summed E-state index contributed by atoms with van der Waals surface area (Å²) in [5, 5.41) is 0. The van der Waals surface area contributed by atoms with Crippen LogP contribution in [-0.4, -0.2) is 35.4 Å². The van der Waals surface area contributed by atoms with Gasteiger partial charge in [0.15, 0.2) is 0 Å². The minimum atomic E-state index is -4.37. The lowest BCUT2D eigenvalue weighted by Gasteiger charge is -2.29. The van der Waals surface area contributed by atoms with E-state index in [4.69, 9.17) is 4.74 Å². The summed E-state index contributed by atoms with van der Waals surface area (Å²) in [4.78, 5) is 12.3. The number of carbonyl (C=O) groups is 1. The first-order chi connectivity index (χ1) is 7.11. The summed E-state index contributed by atoms with van der Waals surface area (Å²) in [6, 6.07) is -1.69. The molecule has 1 aliphatic heterocycles. The van der Waals surface area contributed by atoms with Crippen LogP contribution in [0, 0.1) is 0 Å². The van der Waals surface area contributed by atoms with Gasteiger partial charge in [0.05, 0.1) is 0 Å². The van der Waals surface area contributed by atoms with Crippen molar-refractivity contribution in [2.45, 2.75) is 51.4 Å². The summed E-state index contributed by atoms with van der Waals surface area (Å²) < 4.78 is 42.6. The van der Waals surface area contributed by atoms with E-state index in [2.05, 4.69) is 0 Å². The number of hydrogen-bond donors (Lipinski definition) is 0. The number of ether oxygens (including phenoxy) is 1. The Bertz CT molecular complexity index is 270. The second kappa shape index (κ2) is 4.14. The lowest BCUT2D eigenvalue weighted by Crippen LogP contribution is -2.46. The van der Waals surface area contributed by atoms with Crippen molar-refractivity contribution in [3.8, 4) is 0 Å². The van der Waals surface area contributed by atoms with Gasteiger partial charge in [-0.1, -0.05) is 0 Å². The highest BCUT2D eigenvalue weighted by molar-refractivity contribution is 5.69. The molecule has 1 heterocycles. The largest absolute Gasteiger partial charge is 0.444 e. The third-order valence-corrected chi connectivity index (χ3v) is 2.26. The van der Waals surface area contributed by atoms with Gasteiger partial charge in [0.2, 0.25) is 0 Å². The van der Waals surface area contributed by atoms with Crippen LogP contribution in [0.15, 0.2) is 0 Å². The molecular formula is C10H16F3NO2. The van der Waals surface area contributed by atoms with Crippen molar-refractivity contribution in [2.24, 2.45) is 0 Å². The van der Waals surface area contributed by atoms with E-state index in [9.17, 15) is 18.0 Å². The van der Waals surface area contributed by atoms with Crippen LogP contribution < -0.4 is 0 Å². The second-order valence-electron chi connectivity index (χ2n) is 4.87. The van der Waals surface area contributed by atoms with E-state index in [1.165, 1.54) is 0 Å². The van der Waals surface area contributed by atoms with E-state index in [0.717, 1.165) is 4.90 Å². The number of rotatable bonds is 0. The average molecular weight is 239 g/mol. The Morgan fingerprint density at radius 3 is 2.31 bits per heavy atom. The van der Waals surface area contributed by atoms with Crippen LogP contribution in [0.5, 0.6) is 0 Å². The summed E-state index contributed by atoms with van der Waals surface area (Å²) >= 11 is 0. The molecule has 0 spiro atoms. The van der Waals surface area contributed by atoms with E-state index >= 15 is 0 Å². The summed E-state index contributed by atoms with van der Waals surface area (Å²) in [6.45, 7) is 5.00. The minimum Gasteiger partial charge on any atom is -0.444 e. The molecule has 0 N–H and O–H groups in total. The zero-order valence-electron chi connectivity index (χ0n) is 9.60. The van der Waals surface area contributed by atoms with E-state index in [-0.39, 0.29) is 13.0 Å². The Balaban J connectivity index is 2.69. The smallest absolute Gasteiger partial charge is 0.410 e. The fourth-order valence-corrected chi connectivity index (χ4v) is 1.65. The van der Waals surface area contributed by atoms with Gasteiger partial charge in [-0.15, -0.1) is 0 Å². The molecule has 1 rings (SSSR count). The Hall–Kier alpha value is -0.940. The van der Waals surface area contributed by atoms with Crippen LogP contribution in [0.4, 0.5) is 18.0 Å². The van der Waals surface area contributed by atoms with Gasteiger partial charge in [-0.2, -0.15) is 13.2 Å². The summed E-state index contributed by atoms with van der Waals surface area (Å²) in [6.07, 6.45) is -4.92. The number of alkyl halides is 3. The monoisotopic (exact) mass is 239 g/mol. The van der Waals surface area contributed by atoms with Crippen molar-refractivity contribution < 1.29 is 22.7 Å². The number of amides is 1. The highest BCUT2D eigenvalue weighted by Gasteiger charge is 2.48. The molecule has 1 aliphatic rings. The molecular weight excluding hydrogens is 223 g/mol. The average Bonchev–Trinajstić information content (AvgIpc) is 2.45. The molecule has 0 unspecified atom stereocenters. The molecule has 0 aromatic rings. The fourth-order valence-electron chi connectivity index (χ4n) is 1.65. The van der Waals surface area contributed by atoms with Crippen LogP contribution in [-0.2, 0) is 4.74 Å². The maximum absolute atomic E-state index is 12.6. The third kappa shape index (κ3) is 3.28. The predicted molar refractivity (Wildman–Crippen MR) is 52.0 cm³/mol. The molecule has 3 nitrogen and oxygen atoms in total. The van der Waals surface area contributed by atoms with E-state index < -0.39 is 23.9 Å². The third-order valence-electron chi connectivity index (χ3n) is 2.26. The zero-order chi connectivity index (χ0) is 12.6. The Labute approximate surface area is 92.5 Å². The van der Waals surface area contributed by atoms with Crippen molar-refractivity contribution in [1.82, 2.24) is 4.90 Å². The topological polar surface area (TPSA) is 29.5 Å². The van der Waals surface area contributed by atoms with Gasteiger partial charge in [-0.3, -0.25) is 4.90 Å². The molecule has 0 aromatic carbocycles. The van der Waals surface area contributed by atoms with Gasteiger partial charge < -0.3 is 4.74 Å². The van der Waals surface area contributed by atoms with E-state index in [0.29, 0.717) is 6.42 Å². The molecule has 0 aromatic heterocycles. The van der Waals surface area contributed by atoms with Gasteiger partial charge >= 0.3 is 12.3 Å². The quantitative estimate of drug-likeness (QED) is 0.650. The van der Waals surface area contributed by atoms with Crippen LogP contribution in [0.25, 0.3) is 0 Å². The van der Waals surface area contributed by atoms with Crippen LogP contribution >= 0.6 is 0 Å². The van der Waals surface area contributed by atoms with E-state index in [1.54, 1.807) is 20.8 Å². The van der Waals surface area contributed by atoms with Crippen LogP contribution in [0.2, 0.25) is 0 Å². The number of hydrogen-bond acceptors (Lipinski definition) is 2. The molecule has 0 radical (unpaired) electrons. The Kier molecular flexibility index (Phi) is 3.40. The Morgan fingerprint density at radius 1 is 1.31 bits per heavy atom. The highest BCUT2D eigenvalue weighted by Crippen LogP contribution is 2.33. The van der Waals surface area contributed by atoms with Crippen molar-refractivity contribution >= 4 is 6.09 Å². The zero-order valence-corrected chi connectivity index (χ0v) is 9.60. The van der Waals surface area contributed by atoms with Gasteiger partial charge in [0, 0.05) is 6.54 Å². The van der Waals surface area contributed by atoms with Gasteiger partial charge in [-0.25, -0.2) is 4.79 Å². The molecule has 1 atom stereocenters. The Morgan fingerprint density at radius 2 is 1.88 bits per heavy atom. The molecule has 0 aliphatic carbocycles. The molecule has 0 saturated carbocycles. The van der Waals surface area contributed by atoms with Crippen molar-refractivity contribution in [2.75, 3.05) is 6.54 Å². The van der Waals surface area contributed by atoms with Crippen LogP contribution in [0.1, 0.15) is 33.6 Å². The van der Waals surface area contributed by atoms with Gasteiger partial charge in [-0.05, 0) is 33.6 Å². The van der Waals surface area contributed by atoms with Gasteiger partial charge in [0.25, 0.3) is 0 Å². The number of likely N-dealkylation sites (tertiary alicyclic amines) is 1. The van der Waals surface area contributed by atoms with Crippen LogP contribution in [0.3, 0.4) is 0 Å². The lowest BCUT2D eigenvalue weighted by molar-refractivity contribution is -0.173. The summed E-state index contributed by atoms with van der Waals surface area (Å²) in [5.74, 6) is 0. The van der Waals surface area contributed by atoms with Crippen molar-refractivity contribution in [1.29, 1.82) is 0 Å².